The molecule has 0 bridgehead atoms. The van der Waals surface area contributed by atoms with Gasteiger partial charge in [0, 0.05) is 31.4 Å². The van der Waals surface area contributed by atoms with Crippen molar-refractivity contribution in [2.45, 2.75) is 19.4 Å². The van der Waals surface area contributed by atoms with Gasteiger partial charge in [-0.25, -0.2) is 0 Å². The molecular formula is C14H20N4. The lowest BCUT2D eigenvalue weighted by Gasteiger charge is -2.12. The van der Waals surface area contributed by atoms with Crippen molar-refractivity contribution in [2.75, 3.05) is 11.9 Å². The Morgan fingerprint density at radius 1 is 1.33 bits per heavy atom. The molecule has 0 saturated heterocycles. The number of benzene rings is 1. The Kier molecular flexibility index (Phi) is 3.99. The summed E-state index contributed by atoms with van der Waals surface area (Å²) in [7, 11) is 1.94. The molecule has 4 heteroatoms. The molecule has 0 radical (unpaired) electrons. The van der Waals surface area contributed by atoms with Crippen LogP contribution in [0.1, 0.15) is 23.7 Å². The molecule has 96 valence electrons. The van der Waals surface area contributed by atoms with Gasteiger partial charge in [0.05, 0.1) is 0 Å². The quantitative estimate of drug-likeness (QED) is 0.848. The summed E-state index contributed by atoms with van der Waals surface area (Å²) in [6, 6.07) is 12.3. The minimum absolute atomic E-state index is 0.0727. The molecular weight excluding hydrogens is 224 g/mol. The van der Waals surface area contributed by atoms with Gasteiger partial charge in [0.15, 0.2) is 0 Å². The number of hydrogen-bond donors (Lipinski definition) is 2. The molecule has 1 unspecified atom stereocenters. The summed E-state index contributed by atoms with van der Waals surface area (Å²) in [4.78, 5) is 0. The Hall–Kier alpha value is -1.81. The summed E-state index contributed by atoms with van der Waals surface area (Å²) >= 11 is 0. The maximum absolute atomic E-state index is 6.13. The first kappa shape index (κ1) is 12.6. The van der Waals surface area contributed by atoms with Crippen LogP contribution in [0.4, 0.5) is 5.82 Å². The first-order chi connectivity index (χ1) is 8.66. The van der Waals surface area contributed by atoms with E-state index in [9.17, 15) is 0 Å². The fourth-order valence-corrected chi connectivity index (χ4v) is 1.87. The van der Waals surface area contributed by atoms with Gasteiger partial charge in [-0.2, -0.15) is 5.10 Å². The van der Waals surface area contributed by atoms with Gasteiger partial charge in [0.25, 0.3) is 0 Å². The van der Waals surface area contributed by atoms with Crippen molar-refractivity contribution in [3.63, 3.8) is 0 Å². The molecule has 1 aromatic heterocycles. The SMILES string of the molecule is Cc1cc(NCCC(N)c2ccccc2)nn1C. The van der Waals surface area contributed by atoms with E-state index in [4.69, 9.17) is 5.73 Å². The second-order valence-corrected chi connectivity index (χ2v) is 4.53. The number of hydrogen-bond acceptors (Lipinski definition) is 3. The first-order valence-corrected chi connectivity index (χ1v) is 6.22. The van der Waals surface area contributed by atoms with E-state index in [-0.39, 0.29) is 6.04 Å². The monoisotopic (exact) mass is 244 g/mol. The Balaban J connectivity index is 1.82. The summed E-state index contributed by atoms with van der Waals surface area (Å²) in [5, 5.41) is 7.64. The molecule has 1 aromatic carbocycles. The van der Waals surface area contributed by atoms with E-state index in [1.54, 1.807) is 0 Å². The lowest BCUT2D eigenvalue weighted by molar-refractivity contribution is 0.671. The van der Waals surface area contributed by atoms with Crippen LogP contribution in [0, 0.1) is 6.92 Å². The van der Waals surface area contributed by atoms with Crippen LogP contribution in [0.25, 0.3) is 0 Å². The van der Waals surface area contributed by atoms with Crippen molar-refractivity contribution < 1.29 is 0 Å². The Bertz CT molecular complexity index is 470. The fraction of sp³-hybridized carbons (Fsp3) is 0.357. The standard InChI is InChI=1S/C14H20N4/c1-11-10-14(17-18(11)2)16-9-8-13(15)12-6-4-3-5-7-12/h3-7,10,13H,8-9,15H2,1-2H3,(H,16,17). The zero-order valence-corrected chi connectivity index (χ0v) is 10.9. The van der Waals surface area contributed by atoms with E-state index >= 15 is 0 Å². The van der Waals surface area contributed by atoms with E-state index in [0.717, 1.165) is 24.5 Å². The Morgan fingerprint density at radius 2 is 2.06 bits per heavy atom. The van der Waals surface area contributed by atoms with Crippen molar-refractivity contribution in [1.82, 2.24) is 9.78 Å². The average molecular weight is 244 g/mol. The number of anilines is 1. The van der Waals surface area contributed by atoms with Gasteiger partial charge in [-0.1, -0.05) is 30.3 Å². The molecule has 2 rings (SSSR count). The van der Waals surface area contributed by atoms with Crippen molar-refractivity contribution >= 4 is 5.82 Å². The van der Waals surface area contributed by atoms with Crippen molar-refractivity contribution in [2.24, 2.45) is 12.8 Å². The molecule has 0 aliphatic rings. The van der Waals surface area contributed by atoms with Gasteiger partial charge in [0.2, 0.25) is 0 Å². The Labute approximate surface area is 108 Å². The lowest BCUT2D eigenvalue weighted by atomic mass is 10.1. The van der Waals surface area contributed by atoms with Gasteiger partial charge in [-0.05, 0) is 18.9 Å². The zero-order valence-electron chi connectivity index (χ0n) is 10.9. The summed E-state index contributed by atoms with van der Waals surface area (Å²) in [5.74, 6) is 0.912. The highest BCUT2D eigenvalue weighted by Crippen LogP contribution is 2.14. The van der Waals surface area contributed by atoms with Crippen LogP contribution in [-0.2, 0) is 7.05 Å². The third kappa shape index (κ3) is 3.11. The first-order valence-electron chi connectivity index (χ1n) is 6.22. The van der Waals surface area contributed by atoms with Crippen LogP contribution in [-0.4, -0.2) is 16.3 Å². The number of aryl methyl sites for hydroxylation is 2. The van der Waals surface area contributed by atoms with E-state index in [2.05, 4.69) is 22.5 Å². The number of nitrogens with one attached hydrogen (secondary N) is 1. The molecule has 18 heavy (non-hydrogen) atoms. The third-order valence-electron chi connectivity index (χ3n) is 3.10. The molecule has 4 nitrogen and oxygen atoms in total. The van der Waals surface area contributed by atoms with Crippen LogP contribution < -0.4 is 11.1 Å². The lowest BCUT2D eigenvalue weighted by Crippen LogP contribution is -2.15. The van der Waals surface area contributed by atoms with Gasteiger partial charge in [-0.3, -0.25) is 4.68 Å². The van der Waals surface area contributed by atoms with Crippen LogP contribution in [0.5, 0.6) is 0 Å². The van der Waals surface area contributed by atoms with Gasteiger partial charge < -0.3 is 11.1 Å². The molecule has 0 aliphatic carbocycles. The second-order valence-electron chi connectivity index (χ2n) is 4.53. The average Bonchev–Trinajstić information content (AvgIpc) is 2.69. The molecule has 0 aliphatic heterocycles. The summed E-state index contributed by atoms with van der Waals surface area (Å²) in [6.45, 7) is 2.86. The molecule has 2 aromatic rings. The molecule has 0 spiro atoms. The van der Waals surface area contributed by atoms with Crippen LogP contribution in [0.2, 0.25) is 0 Å². The molecule has 0 amide bonds. The third-order valence-corrected chi connectivity index (χ3v) is 3.10. The number of nitrogens with zero attached hydrogens (tertiary/aromatic N) is 2. The Morgan fingerprint density at radius 3 is 2.67 bits per heavy atom. The zero-order chi connectivity index (χ0) is 13.0. The topological polar surface area (TPSA) is 55.9 Å². The summed E-state index contributed by atoms with van der Waals surface area (Å²) in [6.07, 6.45) is 0.889. The summed E-state index contributed by atoms with van der Waals surface area (Å²) in [5.41, 5.74) is 8.45. The van der Waals surface area contributed by atoms with Crippen molar-refractivity contribution in [1.29, 1.82) is 0 Å². The molecule has 3 N–H and O–H groups in total. The predicted octanol–water partition coefficient (Wildman–Crippen LogP) is 2.23. The van der Waals surface area contributed by atoms with E-state index in [0.29, 0.717) is 0 Å². The number of rotatable bonds is 5. The fourth-order valence-electron chi connectivity index (χ4n) is 1.87. The summed E-state index contributed by atoms with van der Waals surface area (Å²) < 4.78 is 1.86. The molecule has 0 fully saturated rings. The molecule has 0 saturated carbocycles. The minimum Gasteiger partial charge on any atom is -0.369 e. The highest BCUT2D eigenvalue weighted by atomic mass is 15.3. The van der Waals surface area contributed by atoms with Gasteiger partial charge in [0.1, 0.15) is 5.82 Å². The maximum atomic E-state index is 6.13. The normalized spacial score (nSPS) is 12.4. The van der Waals surface area contributed by atoms with Gasteiger partial charge >= 0.3 is 0 Å². The minimum atomic E-state index is 0.0727. The molecule has 1 atom stereocenters. The highest BCUT2D eigenvalue weighted by molar-refractivity contribution is 5.35. The predicted molar refractivity (Wildman–Crippen MR) is 74.4 cm³/mol. The van der Waals surface area contributed by atoms with Crippen LogP contribution >= 0.6 is 0 Å². The smallest absolute Gasteiger partial charge is 0.148 e. The number of aromatic nitrogens is 2. The van der Waals surface area contributed by atoms with E-state index < -0.39 is 0 Å². The maximum Gasteiger partial charge on any atom is 0.148 e. The highest BCUT2D eigenvalue weighted by Gasteiger charge is 2.05. The van der Waals surface area contributed by atoms with E-state index in [1.807, 2.05) is 42.9 Å². The largest absolute Gasteiger partial charge is 0.369 e. The van der Waals surface area contributed by atoms with E-state index in [1.165, 1.54) is 5.56 Å². The van der Waals surface area contributed by atoms with Crippen molar-refractivity contribution in [3.05, 3.63) is 47.7 Å². The molecule has 1 heterocycles. The van der Waals surface area contributed by atoms with Crippen molar-refractivity contribution in [3.8, 4) is 0 Å². The van der Waals surface area contributed by atoms with Crippen LogP contribution in [0.15, 0.2) is 36.4 Å². The number of nitrogens with two attached hydrogens (primary N) is 1. The van der Waals surface area contributed by atoms with Gasteiger partial charge in [-0.15, -0.1) is 0 Å². The second kappa shape index (κ2) is 5.69. The van der Waals surface area contributed by atoms with Crippen LogP contribution in [0.3, 0.4) is 0 Å².